The molecule has 0 saturated carbocycles. The lowest BCUT2D eigenvalue weighted by atomic mass is 10.0. The summed E-state index contributed by atoms with van der Waals surface area (Å²) in [5.74, 6) is 0.340. The minimum Gasteiger partial charge on any atom is -0.508 e. The van der Waals surface area contributed by atoms with Gasteiger partial charge in [0.1, 0.15) is 5.75 Å². The van der Waals surface area contributed by atoms with Crippen molar-refractivity contribution in [2.45, 2.75) is 24.8 Å². The number of thioether (sulfide) groups is 1. The standard InChI is InChI=1S/C16H19NOS/c1-11-8-9-15(18)13(10-11)12(2)17-14-6-4-5-7-16(14)19-3/h4-10,12,17-18H,1-3H3. The lowest BCUT2D eigenvalue weighted by Gasteiger charge is -2.19. The van der Waals surface area contributed by atoms with Crippen LogP contribution in [-0.2, 0) is 0 Å². The summed E-state index contributed by atoms with van der Waals surface area (Å²) < 4.78 is 0. The Labute approximate surface area is 118 Å². The van der Waals surface area contributed by atoms with Crippen molar-refractivity contribution in [1.82, 2.24) is 0 Å². The molecule has 0 aromatic heterocycles. The zero-order valence-corrected chi connectivity index (χ0v) is 12.3. The van der Waals surface area contributed by atoms with E-state index in [0.29, 0.717) is 5.75 Å². The first-order valence-corrected chi connectivity index (χ1v) is 7.53. The molecular formula is C16H19NOS. The molecule has 2 nitrogen and oxygen atoms in total. The molecule has 1 unspecified atom stereocenters. The maximum atomic E-state index is 9.96. The lowest BCUT2D eigenvalue weighted by Crippen LogP contribution is -2.07. The van der Waals surface area contributed by atoms with Gasteiger partial charge < -0.3 is 10.4 Å². The highest BCUT2D eigenvalue weighted by atomic mass is 32.2. The van der Waals surface area contributed by atoms with Gasteiger partial charge in [-0.15, -0.1) is 11.8 Å². The normalized spacial score (nSPS) is 12.2. The van der Waals surface area contributed by atoms with E-state index >= 15 is 0 Å². The van der Waals surface area contributed by atoms with Crippen LogP contribution in [0.25, 0.3) is 0 Å². The Morgan fingerprint density at radius 1 is 1.16 bits per heavy atom. The Hall–Kier alpha value is -1.61. The topological polar surface area (TPSA) is 32.3 Å². The number of aryl methyl sites for hydroxylation is 1. The second kappa shape index (κ2) is 6.02. The van der Waals surface area contributed by atoms with Crippen LogP contribution < -0.4 is 5.32 Å². The minimum absolute atomic E-state index is 0.0631. The first-order valence-electron chi connectivity index (χ1n) is 6.31. The minimum atomic E-state index is 0.0631. The Bertz CT molecular complexity index is 568. The number of para-hydroxylation sites is 1. The van der Waals surface area contributed by atoms with Crippen LogP contribution in [-0.4, -0.2) is 11.4 Å². The fourth-order valence-electron chi connectivity index (χ4n) is 2.10. The van der Waals surface area contributed by atoms with Crippen molar-refractivity contribution in [1.29, 1.82) is 0 Å². The highest BCUT2D eigenvalue weighted by Gasteiger charge is 2.11. The summed E-state index contributed by atoms with van der Waals surface area (Å²) >= 11 is 1.71. The van der Waals surface area contributed by atoms with Crippen LogP contribution in [0.1, 0.15) is 24.1 Å². The predicted molar refractivity (Wildman–Crippen MR) is 83.1 cm³/mol. The Morgan fingerprint density at radius 3 is 2.63 bits per heavy atom. The number of hydrogen-bond donors (Lipinski definition) is 2. The number of phenolic OH excluding ortho intramolecular Hbond substituents is 1. The van der Waals surface area contributed by atoms with Crippen molar-refractivity contribution >= 4 is 17.4 Å². The van der Waals surface area contributed by atoms with E-state index in [4.69, 9.17) is 0 Å². The van der Waals surface area contributed by atoms with Crippen molar-refractivity contribution in [3.63, 3.8) is 0 Å². The van der Waals surface area contributed by atoms with Crippen LogP contribution in [0, 0.1) is 6.92 Å². The first-order chi connectivity index (χ1) is 9.11. The Balaban J connectivity index is 2.25. The first kappa shape index (κ1) is 13.8. The number of aromatic hydroxyl groups is 1. The van der Waals surface area contributed by atoms with Crippen LogP contribution in [0.3, 0.4) is 0 Å². The van der Waals surface area contributed by atoms with Crippen LogP contribution in [0.5, 0.6) is 5.75 Å². The van der Waals surface area contributed by atoms with Gasteiger partial charge in [0.15, 0.2) is 0 Å². The molecule has 1 atom stereocenters. The van der Waals surface area contributed by atoms with Crippen molar-refractivity contribution in [3.05, 3.63) is 53.6 Å². The summed E-state index contributed by atoms with van der Waals surface area (Å²) in [4.78, 5) is 1.21. The fraction of sp³-hybridized carbons (Fsp3) is 0.250. The van der Waals surface area contributed by atoms with E-state index in [-0.39, 0.29) is 6.04 Å². The molecule has 0 spiro atoms. The Kier molecular flexibility index (Phi) is 4.38. The zero-order valence-electron chi connectivity index (χ0n) is 11.5. The maximum absolute atomic E-state index is 9.96. The van der Waals surface area contributed by atoms with Gasteiger partial charge in [0.05, 0.1) is 6.04 Å². The van der Waals surface area contributed by atoms with E-state index in [1.165, 1.54) is 4.90 Å². The third-order valence-corrected chi connectivity index (χ3v) is 3.92. The average molecular weight is 273 g/mol. The van der Waals surface area contributed by atoms with Crippen molar-refractivity contribution in [2.75, 3.05) is 11.6 Å². The summed E-state index contributed by atoms with van der Waals surface area (Å²) in [5, 5.41) is 13.4. The molecule has 0 heterocycles. The summed E-state index contributed by atoms with van der Waals surface area (Å²) in [6.45, 7) is 4.09. The molecule has 0 aliphatic rings. The highest BCUT2D eigenvalue weighted by molar-refractivity contribution is 7.98. The second-order valence-corrected chi connectivity index (χ2v) is 5.48. The third-order valence-electron chi connectivity index (χ3n) is 3.13. The molecule has 0 radical (unpaired) electrons. The van der Waals surface area contributed by atoms with Gasteiger partial charge in [-0.25, -0.2) is 0 Å². The molecule has 0 aliphatic heterocycles. The van der Waals surface area contributed by atoms with Crippen molar-refractivity contribution in [3.8, 4) is 5.75 Å². The molecule has 0 aliphatic carbocycles. The molecule has 0 amide bonds. The molecule has 100 valence electrons. The summed E-state index contributed by atoms with van der Waals surface area (Å²) in [6, 6.07) is 14.0. The van der Waals surface area contributed by atoms with Crippen LogP contribution in [0.4, 0.5) is 5.69 Å². The van der Waals surface area contributed by atoms with Crippen molar-refractivity contribution < 1.29 is 5.11 Å². The summed E-state index contributed by atoms with van der Waals surface area (Å²) in [5.41, 5.74) is 3.18. The van der Waals surface area contributed by atoms with E-state index in [0.717, 1.165) is 16.8 Å². The molecule has 2 N–H and O–H groups in total. The molecular weight excluding hydrogens is 254 g/mol. The van der Waals surface area contributed by atoms with Crippen LogP contribution in [0.15, 0.2) is 47.4 Å². The number of benzene rings is 2. The summed E-state index contributed by atoms with van der Waals surface area (Å²) in [7, 11) is 0. The van der Waals surface area contributed by atoms with Crippen LogP contribution in [0.2, 0.25) is 0 Å². The number of anilines is 1. The Morgan fingerprint density at radius 2 is 1.89 bits per heavy atom. The van der Waals surface area contributed by atoms with Crippen molar-refractivity contribution in [2.24, 2.45) is 0 Å². The third kappa shape index (κ3) is 3.24. The van der Waals surface area contributed by atoms with Gasteiger partial charge in [-0.2, -0.15) is 0 Å². The molecule has 0 saturated heterocycles. The maximum Gasteiger partial charge on any atom is 0.120 e. The molecule has 3 heteroatoms. The molecule has 19 heavy (non-hydrogen) atoms. The van der Waals surface area contributed by atoms with E-state index in [1.807, 2.05) is 31.2 Å². The highest BCUT2D eigenvalue weighted by Crippen LogP contribution is 2.31. The smallest absolute Gasteiger partial charge is 0.120 e. The van der Waals surface area contributed by atoms with E-state index in [2.05, 4.69) is 30.6 Å². The zero-order chi connectivity index (χ0) is 13.8. The fourth-order valence-corrected chi connectivity index (χ4v) is 2.66. The van der Waals surface area contributed by atoms with E-state index < -0.39 is 0 Å². The predicted octanol–water partition coefficient (Wildman–Crippen LogP) is 4.60. The second-order valence-electron chi connectivity index (χ2n) is 4.63. The lowest BCUT2D eigenvalue weighted by molar-refractivity contribution is 0.465. The molecule has 2 aromatic carbocycles. The van der Waals surface area contributed by atoms with Gasteiger partial charge in [0.2, 0.25) is 0 Å². The van der Waals surface area contributed by atoms with Crippen LogP contribution >= 0.6 is 11.8 Å². The number of hydrogen-bond acceptors (Lipinski definition) is 3. The monoisotopic (exact) mass is 273 g/mol. The largest absolute Gasteiger partial charge is 0.508 e. The molecule has 0 bridgehead atoms. The quantitative estimate of drug-likeness (QED) is 0.799. The van der Waals surface area contributed by atoms with E-state index in [1.54, 1.807) is 17.8 Å². The molecule has 0 fully saturated rings. The van der Waals surface area contributed by atoms with Gasteiger partial charge in [-0.3, -0.25) is 0 Å². The molecule has 2 rings (SSSR count). The summed E-state index contributed by atoms with van der Waals surface area (Å²) in [6.07, 6.45) is 2.06. The SMILES string of the molecule is CSc1ccccc1NC(C)c1cc(C)ccc1O. The number of phenols is 1. The van der Waals surface area contributed by atoms with Gasteiger partial charge >= 0.3 is 0 Å². The van der Waals surface area contributed by atoms with Gasteiger partial charge in [-0.05, 0) is 38.3 Å². The molecule has 2 aromatic rings. The number of rotatable bonds is 4. The number of nitrogens with one attached hydrogen (secondary N) is 1. The average Bonchev–Trinajstić information content (AvgIpc) is 2.42. The van der Waals surface area contributed by atoms with Gasteiger partial charge in [0.25, 0.3) is 0 Å². The van der Waals surface area contributed by atoms with E-state index in [9.17, 15) is 5.11 Å². The van der Waals surface area contributed by atoms with Gasteiger partial charge in [-0.1, -0.05) is 29.8 Å². The van der Waals surface area contributed by atoms with Gasteiger partial charge in [0, 0.05) is 16.1 Å².